The van der Waals surface area contributed by atoms with Crippen LogP contribution in [0.25, 0.3) is 43.4 Å². The normalized spacial score (nSPS) is 13.7. The van der Waals surface area contributed by atoms with Crippen molar-refractivity contribution in [3.63, 3.8) is 0 Å². The van der Waals surface area contributed by atoms with E-state index in [0.717, 1.165) is 6.42 Å². The van der Waals surface area contributed by atoms with Gasteiger partial charge in [-0.1, -0.05) is 103 Å². The van der Waals surface area contributed by atoms with Crippen molar-refractivity contribution in [2.45, 2.75) is 26.2 Å². The third-order valence-corrected chi connectivity index (χ3v) is 7.60. The van der Waals surface area contributed by atoms with Crippen LogP contribution in [0, 0.1) is 6.92 Å². The molecule has 0 heteroatoms. The standard InChI is InChI=1S/C32H24/c1-19-6-7-25-17-26-11-10-24(18-30(26)29(25)16-19)20(2)27-14-12-23-9-8-21-4-3-5-22-13-15-28(27)32(23)31(21)22/h3-16,18,20H,17H2,1-2H3. The first-order valence-electron chi connectivity index (χ1n) is 11.6. The van der Waals surface area contributed by atoms with Crippen molar-refractivity contribution in [2.75, 3.05) is 0 Å². The molecule has 7 rings (SSSR count). The topological polar surface area (TPSA) is 0 Å². The third-order valence-electron chi connectivity index (χ3n) is 7.60. The smallest absolute Gasteiger partial charge is 0.00673 e. The minimum atomic E-state index is 0.332. The van der Waals surface area contributed by atoms with Gasteiger partial charge in [-0.2, -0.15) is 0 Å². The molecule has 0 fully saturated rings. The summed E-state index contributed by atoms with van der Waals surface area (Å²) < 4.78 is 0. The Morgan fingerprint density at radius 2 is 1.28 bits per heavy atom. The molecule has 0 spiro atoms. The largest absolute Gasteiger partial charge is 0.0610 e. The maximum absolute atomic E-state index is 2.45. The highest BCUT2D eigenvalue weighted by Crippen LogP contribution is 2.42. The van der Waals surface area contributed by atoms with Gasteiger partial charge in [0.25, 0.3) is 0 Å². The summed E-state index contributed by atoms with van der Waals surface area (Å²) in [5, 5.41) is 8.18. The van der Waals surface area contributed by atoms with Crippen molar-refractivity contribution < 1.29 is 0 Å². The Hall–Kier alpha value is -3.64. The van der Waals surface area contributed by atoms with Crippen molar-refractivity contribution in [3.05, 3.63) is 119 Å². The van der Waals surface area contributed by atoms with Gasteiger partial charge in [0.05, 0.1) is 0 Å². The van der Waals surface area contributed by atoms with Crippen LogP contribution in [-0.2, 0) is 6.42 Å². The summed E-state index contributed by atoms with van der Waals surface area (Å²) in [7, 11) is 0. The summed E-state index contributed by atoms with van der Waals surface area (Å²) in [5.41, 5.74) is 9.90. The molecule has 0 heterocycles. The van der Waals surface area contributed by atoms with E-state index in [4.69, 9.17) is 0 Å². The molecule has 6 aromatic rings. The highest BCUT2D eigenvalue weighted by molar-refractivity contribution is 6.23. The molecule has 1 aliphatic rings. The fourth-order valence-corrected chi connectivity index (χ4v) is 5.88. The molecule has 152 valence electrons. The van der Waals surface area contributed by atoms with E-state index >= 15 is 0 Å². The van der Waals surface area contributed by atoms with Gasteiger partial charge in [-0.3, -0.25) is 0 Å². The zero-order valence-corrected chi connectivity index (χ0v) is 18.4. The average molecular weight is 409 g/mol. The summed E-state index contributed by atoms with van der Waals surface area (Å²) in [6, 6.07) is 34.5. The number of hydrogen-bond donors (Lipinski definition) is 0. The molecule has 1 unspecified atom stereocenters. The first kappa shape index (κ1) is 18.0. The van der Waals surface area contributed by atoms with Crippen LogP contribution in [0.4, 0.5) is 0 Å². The van der Waals surface area contributed by atoms with Crippen molar-refractivity contribution in [2.24, 2.45) is 0 Å². The summed E-state index contributed by atoms with van der Waals surface area (Å²) in [4.78, 5) is 0. The molecular weight excluding hydrogens is 384 g/mol. The molecule has 6 aromatic carbocycles. The van der Waals surface area contributed by atoms with Crippen molar-refractivity contribution >= 4 is 32.3 Å². The maximum atomic E-state index is 2.45. The van der Waals surface area contributed by atoms with Gasteiger partial charge in [0.1, 0.15) is 0 Å². The van der Waals surface area contributed by atoms with Gasteiger partial charge in [0.15, 0.2) is 0 Å². The summed E-state index contributed by atoms with van der Waals surface area (Å²) in [6.45, 7) is 4.55. The predicted molar refractivity (Wildman–Crippen MR) is 137 cm³/mol. The van der Waals surface area contributed by atoms with Gasteiger partial charge in [0, 0.05) is 5.92 Å². The monoisotopic (exact) mass is 408 g/mol. The Morgan fingerprint density at radius 1 is 0.625 bits per heavy atom. The Kier molecular flexibility index (Phi) is 3.62. The van der Waals surface area contributed by atoms with Crippen molar-refractivity contribution in [1.29, 1.82) is 0 Å². The number of fused-ring (bicyclic) bond motifs is 3. The van der Waals surface area contributed by atoms with Crippen LogP contribution < -0.4 is 0 Å². The van der Waals surface area contributed by atoms with Crippen LogP contribution in [0.2, 0.25) is 0 Å². The molecule has 0 saturated heterocycles. The molecule has 1 aliphatic carbocycles. The Balaban J connectivity index is 1.42. The second-order valence-electron chi connectivity index (χ2n) is 9.49. The number of hydrogen-bond acceptors (Lipinski definition) is 0. The lowest BCUT2D eigenvalue weighted by Crippen LogP contribution is -1.99. The van der Waals surface area contributed by atoms with Gasteiger partial charge in [0.2, 0.25) is 0 Å². The summed E-state index contributed by atoms with van der Waals surface area (Å²) in [6.07, 6.45) is 1.05. The van der Waals surface area contributed by atoms with E-state index in [2.05, 4.69) is 105 Å². The molecule has 32 heavy (non-hydrogen) atoms. The predicted octanol–water partition coefficient (Wildman–Crippen LogP) is 8.62. The number of rotatable bonds is 2. The van der Waals surface area contributed by atoms with E-state index in [9.17, 15) is 0 Å². The summed E-state index contributed by atoms with van der Waals surface area (Å²) >= 11 is 0. The first-order valence-corrected chi connectivity index (χ1v) is 11.6. The third kappa shape index (κ3) is 2.44. The van der Waals surface area contributed by atoms with E-state index in [1.165, 1.54) is 71.3 Å². The molecule has 0 bridgehead atoms. The highest BCUT2D eigenvalue weighted by Gasteiger charge is 2.21. The minimum Gasteiger partial charge on any atom is -0.0610 e. The van der Waals surface area contributed by atoms with Gasteiger partial charge in [-0.15, -0.1) is 0 Å². The molecule has 0 radical (unpaired) electrons. The van der Waals surface area contributed by atoms with E-state index < -0.39 is 0 Å². The fraction of sp³-hybridized carbons (Fsp3) is 0.125. The number of benzene rings is 6. The van der Waals surface area contributed by atoms with Gasteiger partial charge in [-0.25, -0.2) is 0 Å². The lowest BCUT2D eigenvalue weighted by atomic mass is 9.84. The molecule has 0 aliphatic heterocycles. The Bertz CT molecular complexity index is 1650. The highest BCUT2D eigenvalue weighted by atomic mass is 14.3. The van der Waals surface area contributed by atoms with Crippen LogP contribution in [0.3, 0.4) is 0 Å². The van der Waals surface area contributed by atoms with Crippen LogP contribution in [0.5, 0.6) is 0 Å². The molecule has 0 N–H and O–H groups in total. The minimum absolute atomic E-state index is 0.332. The second-order valence-corrected chi connectivity index (χ2v) is 9.49. The second kappa shape index (κ2) is 6.43. The molecule has 1 atom stereocenters. The zero-order chi connectivity index (χ0) is 21.4. The molecule has 0 aromatic heterocycles. The van der Waals surface area contributed by atoms with Gasteiger partial charge in [-0.05, 0) is 79.0 Å². The van der Waals surface area contributed by atoms with E-state index in [1.54, 1.807) is 0 Å². The van der Waals surface area contributed by atoms with Crippen LogP contribution in [0.15, 0.2) is 91.0 Å². The summed E-state index contributed by atoms with van der Waals surface area (Å²) in [5.74, 6) is 0.332. The first-order chi connectivity index (χ1) is 15.7. The Labute approximate surface area is 188 Å². The van der Waals surface area contributed by atoms with Crippen LogP contribution in [0.1, 0.15) is 40.7 Å². The average Bonchev–Trinajstić information content (AvgIpc) is 3.19. The lowest BCUT2D eigenvalue weighted by Gasteiger charge is -2.19. The van der Waals surface area contributed by atoms with Crippen LogP contribution >= 0.6 is 0 Å². The van der Waals surface area contributed by atoms with Gasteiger partial charge < -0.3 is 0 Å². The molecular formula is C32H24. The maximum Gasteiger partial charge on any atom is 0.00673 e. The Morgan fingerprint density at radius 3 is 2.09 bits per heavy atom. The van der Waals surface area contributed by atoms with Crippen LogP contribution in [-0.4, -0.2) is 0 Å². The van der Waals surface area contributed by atoms with Crippen molar-refractivity contribution in [1.82, 2.24) is 0 Å². The fourth-order valence-electron chi connectivity index (χ4n) is 5.88. The SMILES string of the molecule is Cc1ccc2c(c1)-c1cc(C(C)c3ccc4ccc5cccc6ccc3c4c56)ccc1C2. The molecule has 0 nitrogen and oxygen atoms in total. The van der Waals surface area contributed by atoms with Gasteiger partial charge >= 0.3 is 0 Å². The number of aryl methyl sites for hydroxylation is 1. The molecule has 0 amide bonds. The zero-order valence-electron chi connectivity index (χ0n) is 18.4. The van der Waals surface area contributed by atoms with E-state index in [1.807, 2.05) is 0 Å². The molecule has 0 saturated carbocycles. The lowest BCUT2D eigenvalue weighted by molar-refractivity contribution is 0.933. The van der Waals surface area contributed by atoms with E-state index in [0.29, 0.717) is 5.92 Å². The quantitative estimate of drug-likeness (QED) is 0.251. The van der Waals surface area contributed by atoms with Crippen molar-refractivity contribution in [3.8, 4) is 11.1 Å². The van der Waals surface area contributed by atoms with E-state index in [-0.39, 0.29) is 0 Å².